The van der Waals surface area contributed by atoms with Gasteiger partial charge in [0.05, 0.1) is 16.6 Å². The summed E-state index contributed by atoms with van der Waals surface area (Å²) in [6, 6.07) is 21.9. The van der Waals surface area contributed by atoms with Crippen molar-refractivity contribution < 1.29 is 9.90 Å². The first-order valence-corrected chi connectivity index (χ1v) is 12.0. The van der Waals surface area contributed by atoms with Crippen LogP contribution in [0, 0.1) is 0 Å². The molecule has 0 spiro atoms. The SMILES string of the molecule is CCCCc1nc2cccc(CCN(C)C)c2n1Cc1ccc(-c2ccccc2C(=O)O)cc1. The van der Waals surface area contributed by atoms with Gasteiger partial charge in [-0.3, -0.25) is 0 Å². The van der Waals surface area contributed by atoms with E-state index in [0.717, 1.165) is 61.2 Å². The number of carboxylic acids is 1. The lowest BCUT2D eigenvalue weighted by molar-refractivity contribution is 0.0697. The molecule has 0 aliphatic rings. The van der Waals surface area contributed by atoms with Crippen LogP contribution in [0.3, 0.4) is 0 Å². The zero-order chi connectivity index (χ0) is 24.1. The molecule has 4 aromatic rings. The molecule has 1 heterocycles. The van der Waals surface area contributed by atoms with Gasteiger partial charge in [-0.1, -0.05) is 67.9 Å². The van der Waals surface area contributed by atoms with E-state index < -0.39 is 5.97 Å². The van der Waals surface area contributed by atoms with Crippen molar-refractivity contribution in [3.05, 3.63) is 89.2 Å². The smallest absolute Gasteiger partial charge is 0.336 e. The number of nitrogens with zero attached hydrogens (tertiary/aromatic N) is 3. The maximum absolute atomic E-state index is 11.6. The second kappa shape index (κ2) is 10.7. The fourth-order valence-electron chi connectivity index (χ4n) is 4.44. The molecular weight excluding hydrogens is 422 g/mol. The van der Waals surface area contributed by atoms with Crippen molar-refractivity contribution in [3.8, 4) is 11.1 Å². The molecule has 0 aliphatic heterocycles. The van der Waals surface area contributed by atoms with E-state index in [1.54, 1.807) is 12.1 Å². The van der Waals surface area contributed by atoms with E-state index in [9.17, 15) is 9.90 Å². The number of carboxylic acid groups (broad SMARTS) is 1. The van der Waals surface area contributed by atoms with Crippen molar-refractivity contribution in [3.63, 3.8) is 0 Å². The third-order valence-corrected chi connectivity index (χ3v) is 6.27. The molecule has 5 nitrogen and oxygen atoms in total. The van der Waals surface area contributed by atoms with Crippen LogP contribution in [0.25, 0.3) is 22.2 Å². The Bertz CT molecular complexity index is 1270. The molecule has 1 aromatic heterocycles. The molecule has 0 atom stereocenters. The minimum absolute atomic E-state index is 0.322. The van der Waals surface area contributed by atoms with Crippen molar-refractivity contribution in [1.29, 1.82) is 0 Å². The Balaban J connectivity index is 1.70. The molecule has 176 valence electrons. The molecule has 4 rings (SSSR count). The van der Waals surface area contributed by atoms with Crippen LogP contribution in [0.5, 0.6) is 0 Å². The molecule has 0 radical (unpaired) electrons. The maximum Gasteiger partial charge on any atom is 0.336 e. The first-order chi connectivity index (χ1) is 16.5. The van der Waals surface area contributed by atoms with E-state index in [0.29, 0.717) is 5.56 Å². The number of aromatic nitrogens is 2. The zero-order valence-electron chi connectivity index (χ0n) is 20.3. The quantitative estimate of drug-likeness (QED) is 0.324. The van der Waals surface area contributed by atoms with Gasteiger partial charge in [-0.25, -0.2) is 9.78 Å². The maximum atomic E-state index is 11.6. The van der Waals surface area contributed by atoms with Gasteiger partial charge < -0.3 is 14.6 Å². The molecular formula is C29H33N3O2. The van der Waals surface area contributed by atoms with E-state index in [4.69, 9.17) is 4.98 Å². The van der Waals surface area contributed by atoms with Gasteiger partial charge >= 0.3 is 5.97 Å². The lowest BCUT2D eigenvalue weighted by atomic mass is 9.98. The summed E-state index contributed by atoms with van der Waals surface area (Å²) in [4.78, 5) is 18.9. The third kappa shape index (κ3) is 5.20. The van der Waals surface area contributed by atoms with E-state index >= 15 is 0 Å². The number of rotatable bonds is 10. The molecule has 0 unspecified atom stereocenters. The van der Waals surface area contributed by atoms with Gasteiger partial charge in [0.2, 0.25) is 0 Å². The number of para-hydroxylation sites is 1. The van der Waals surface area contributed by atoms with Crippen LogP contribution in [0.4, 0.5) is 0 Å². The Morgan fingerprint density at radius 3 is 2.44 bits per heavy atom. The molecule has 0 aliphatic carbocycles. The minimum atomic E-state index is -0.907. The van der Waals surface area contributed by atoms with Crippen molar-refractivity contribution in [2.45, 2.75) is 39.2 Å². The highest BCUT2D eigenvalue weighted by molar-refractivity contribution is 5.96. The highest BCUT2D eigenvalue weighted by Gasteiger charge is 2.15. The number of unbranched alkanes of at least 4 members (excludes halogenated alkanes) is 1. The molecule has 3 aromatic carbocycles. The molecule has 0 amide bonds. The van der Waals surface area contributed by atoms with Gasteiger partial charge in [0.15, 0.2) is 0 Å². The fourth-order valence-corrected chi connectivity index (χ4v) is 4.44. The molecule has 0 saturated carbocycles. The molecule has 5 heteroatoms. The first-order valence-electron chi connectivity index (χ1n) is 12.0. The number of likely N-dealkylation sites (N-methyl/N-ethyl adjacent to an activating group) is 1. The highest BCUT2D eigenvalue weighted by Crippen LogP contribution is 2.27. The first kappa shape index (κ1) is 23.7. The van der Waals surface area contributed by atoms with Gasteiger partial charge in [0.1, 0.15) is 5.82 Å². The fraction of sp³-hybridized carbons (Fsp3) is 0.310. The van der Waals surface area contributed by atoms with E-state index in [-0.39, 0.29) is 0 Å². The molecule has 0 bridgehead atoms. The zero-order valence-corrected chi connectivity index (χ0v) is 20.3. The second-order valence-electron chi connectivity index (χ2n) is 9.10. The van der Waals surface area contributed by atoms with Crippen molar-refractivity contribution in [1.82, 2.24) is 14.5 Å². The lowest BCUT2D eigenvalue weighted by Crippen LogP contribution is -2.15. The minimum Gasteiger partial charge on any atom is -0.478 e. The number of fused-ring (bicyclic) bond motifs is 1. The van der Waals surface area contributed by atoms with Crippen molar-refractivity contribution >= 4 is 17.0 Å². The predicted molar refractivity (Wildman–Crippen MR) is 139 cm³/mol. The monoisotopic (exact) mass is 455 g/mol. The van der Waals surface area contributed by atoms with Crippen LogP contribution in [0.2, 0.25) is 0 Å². The summed E-state index contributed by atoms with van der Waals surface area (Å²) < 4.78 is 2.39. The topological polar surface area (TPSA) is 58.4 Å². The van der Waals surface area contributed by atoms with Gasteiger partial charge in [0, 0.05) is 19.5 Å². The summed E-state index contributed by atoms with van der Waals surface area (Å²) >= 11 is 0. The number of aromatic carboxylic acids is 1. The second-order valence-corrected chi connectivity index (χ2v) is 9.10. The van der Waals surface area contributed by atoms with Crippen LogP contribution >= 0.6 is 0 Å². The molecule has 0 fully saturated rings. The summed E-state index contributed by atoms with van der Waals surface area (Å²) in [5, 5.41) is 9.55. The van der Waals surface area contributed by atoms with E-state index in [1.165, 1.54) is 16.6 Å². The summed E-state index contributed by atoms with van der Waals surface area (Å²) in [5.74, 6) is 0.227. The Morgan fingerprint density at radius 1 is 0.971 bits per heavy atom. The Kier molecular flexibility index (Phi) is 7.43. The highest BCUT2D eigenvalue weighted by atomic mass is 16.4. The van der Waals surface area contributed by atoms with Crippen LogP contribution in [-0.4, -0.2) is 46.2 Å². The average Bonchev–Trinajstić information content (AvgIpc) is 3.19. The summed E-state index contributed by atoms with van der Waals surface area (Å²) in [6.45, 7) is 3.95. The number of hydrogen-bond acceptors (Lipinski definition) is 3. The van der Waals surface area contributed by atoms with E-state index in [1.807, 2.05) is 24.3 Å². The number of aryl methyl sites for hydroxylation is 1. The van der Waals surface area contributed by atoms with Crippen molar-refractivity contribution in [2.24, 2.45) is 0 Å². The third-order valence-electron chi connectivity index (χ3n) is 6.27. The van der Waals surface area contributed by atoms with Gasteiger partial charge in [-0.05, 0) is 61.3 Å². The lowest BCUT2D eigenvalue weighted by Gasteiger charge is -2.14. The summed E-state index contributed by atoms with van der Waals surface area (Å²) in [7, 11) is 4.21. The summed E-state index contributed by atoms with van der Waals surface area (Å²) in [5.41, 5.74) is 6.78. The number of imidazole rings is 1. The number of benzene rings is 3. The molecule has 34 heavy (non-hydrogen) atoms. The van der Waals surface area contributed by atoms with Crippen LogP contribution in [0.1, 0.15) is 47.1 Å². The predicted octanol–water partition coefficient (Wildman–Crippen LogP) is 5.90. The normalized spacial score (nSPS) is 11.4. The van der Waals surface area contributed by atoms with Gasteiger partial charge in [0.25, 0.3) is 0 Å². The Labute approximate surface area is 201 Å². The average molecular weight is 456 g/mol. The van der Waals surface area contributed by atoms with Gasteiger partial charge in [-0.15, -0.1) is 0 Å². The van der Waals surface area contributed by atoms with Crippen molar-refractivity contribution in [2.75, 3.05) is 20.6 Å². The van der Waals surface area contributed by atoms with Gasteiger partial charge in [-0.2, -0.15) is 0 Å². The Hall–Kier alpha value is -3.44. The summed E-state index contributed by atoms with van der Waals surface area (Å²) in [6.07, 6.45) is 4.19. The Morgan fingerprint density at radius 2 is 1.74 bits per heavy atom. The van der Waals surface area contributed by atoms with Crippen LogP contribution in [-0.2, 0) is 19.4 Å². The van der Waals surface area contributed by atoms with Crippen LogP contribution < -0.4 is 0 Å². The number of hydrogen-bond donors (Lipinski definition) is 1. The van der Waals surface area contributed by atoms with E-state index in [2.05, 4.69) is 60.8 Å². The van der Waals surface area contributed by atoms with Crippen LogP contribution in [0.15, 0.2) is 66.7 Å². The largest absolute Gasteiger partial charge is 0.478 e. The number of carbonyl (C=O) groups is 1. The molecule has 0 saturated heterocycles. The molecule has 1 N–H and O–H groups in total. The standard InChI is InChI=1S/C29H33N3O2/c1-4-5-13-27-30-26-12-8-9-23(18-19-31(2)3)28(26)32(27)20-21-14-16-22(17-15-21)24-10-6-7-11-25(24)29(33)34/h6-12,14-17H,4-5,13,18-20H2,1-3H3,(H,33,34).